The molecule has 3 aromatic carbocycles. The van der Waals surface area contributed by atoms with Gasteiger partial charge in [0, 0.05) is 11.1 Å². The Labute approximate surface area is 194 Å². The second kappa shape index (κ2) is 10.5. The van der Waals surface area contributed by atoms with Gasteiger partial charge in [-0.05, 0) is 61.9 Å². The highest BCUT2D eigenvalue weighted by Gasteiger charge is 2.20. The number of hydrogen-bond donors (Lipinski definition) is 1. The first-order valence-electron chi connectivity index (χ1n) is 10.5. The summed E-state index contributed by atoms with van der Waals surface area (Å²) in [7, 11) is -3.67. The van der Waals surface area contributed by atoms with Crippen molar-refractivity contribution in [2.75, 3.05) is 17.2 Å². The van der Waals surface area contributed by atoms with Crippen molar-refractivity contribution in [3.05, 3.63) is 95.3 Å². The molecule has 0 radical (unpaired) electrons. The summed E-state index contributed by atoms with van der Waals surface area (Å²) in [4.78, 5) is 12.7. The van der Waals surface area contributed by atoms with E-state index in [4.69, 9.17) is 4.74 Å². The number of nitrogens with zero attached hydrogens (tertiary/aromatic N) is 1. The van der Waals surface area contributed by atoms with Crippen LogP contribution in [0.4, 0.5) is 10.1 Å². The minimum absolute atomic E-state index is 0.147. The smallest absolute Gasteiger partial charge is 0.251 e. The first kappa shape index (κ1) is 24.3. The van der Waals surface area contributed by atoms with Crippen molar-refractivity contribution in [2.45, 2.75) is 26.4 Å². The average Bonchev–Trinajstić information content (AvgIpc) is 2.78. The van der Waals surface area contributed by atoms with Gasteiger partial charge in [0.1, 0.15) is 11.6 Å². The minimum atomic E-state index is -3.67. The molecule has 0 aliphatic rings. The normalized spacial score (nSPS) is 12.1. The fourth-order valence-electron chi connectivity index (χ4n) is 3.34. The lowest BCUT2D eigenvalue weighted by Gasteiger charge is -2.23. The summed E-state index contributed by atoms with van der Waals surface area (Å²) < 4.78 is 45.3. The van der Waals surface area contributed by atoms with Gasteiger partial charge in [-0.1, -0.05) is 30.3 Å². The lowest BCUT2D eigenvalue weighted by atomic mass is 10.1. The number of sulfonamides is 1. The molecule has 33 heavy (non-hydrogen) atoms. The Morgan fingerprint density at radius 1 is 1.03 bits per heavy atom. The lowest BCUT2D eigenvalue weighted by molar-refractivity contribution is 0.0940. The predicted molar refractivity (Wildman–Crippen MR) is 127 cm³/mol. The molecule has 6 nitrogen and oxygen atoms in total. The number of carbonyl (C=O) groups excluding carboxylic acids is 1. The highest BCUT2D eigenvalue weighted by atomic mass is 32.2. The Morgan fingerprint density at radius 3 is 2.24 bits per heavy atom. The maximum absolute atomic E-state index is 14.1. The van der Waals surface area contributed by atoms with Gasteiger partial charge in [-0.25, -0.2) is 12.8 Å². The van der Waals surface area contributed by atoms with Crippen LogP contribution < -0.4 is 14.4 Å². The zero-order valence-corrected chi connectivity index (χ0v) is 19.6. The maximum Gasteiger partial charge on any atom is 0.251 e. The molecule has 0 saturated carbocycles. The SMILES string of the molecule is CCOc1ccc([C@@H](C)NC(=O)c2ccc(N(Cc3ccccc3F)S(C)(=O)=O)cc2)cc1. The Balaban J connectivity index is 1.73. The van der Waals surface area contributed by atoms with Gasteiger partial charge in [-0.2, -0.15) is 0 Å². The van der Waals surface area contributed by atoms with Gasteiger partial charge in [0.05, 0.1) is 31.1 Å². The molecule has 1 atom stereocenters. The number of anilines is 1. The monoisotopic (exact) mass is 470 g/mol. The van der Waals surface area contributed by atoms with Crippen LogP contribution in [0.2, 0.25) is 0 Å². The van der Waals surface area contributed by atoms with E-state index in [0.717, 1.165) is 21.9 Å². The van der Waals surface area contributed by atoms with E-state index in [-0.39, 0.29) is 24.1 Å². The Bertz CT molecular complexity index is 1200. The first-order chi connectivity index (χ1) is 15.7. The fourth-order valence-corrected chi connectivity index (χ4v) is 4.22. The molecule has 0 heterocycles. The highest BCUT2D eigenvalue weighted by Crippen LogP contribution is 2.23. The quantitative estimate of drug-likeness (QED) is 0.493. The van der Waals surface area contributed by atoms with E-state index < -0.39 is 15.8 Å². The van der Waals surface area contributed by atoms with Gasteiger partial charge in [0.2, 0.25) is 10.0 Å². The summed E-state index contributed by atoms with van der Waals surface area (Å²) in [5.41, 5.74) is 1.92. The van der Waals surface area contributed by atoms with E-state index in [1.54, 1.807) is 36.4 Å². The number of rotatable bonds is 9. The fraction of sp³-hybridized carbons (Fsp3) is 0.240. The number of carbonyl (C=O) groups is 1. The van der Waals surface area contributed by atoms with Crippen molar-refractivity contribution in [3.63, 3.8) is 0 Å². The largest absolute Gasteiger partial charge is 0.494 e. The lowest BCUT2D eigenvalue weighted by Crippen LogP contribution is -2.30. The molecule has 3 aromatic rings. The predicted octanol–water partition coefficient (Wildman–Crippen LogP) is 4.68. The zero-order chi connectivity index (χ0) is 24.0. The number of amides is 1. The number of ether oxygens (including phenoxy) is 1. The van der Waals surface area contributed by atoms with Crippen molar-refractivity contribution in [1.29, 1.82) is 0 Å². The van der Waals surface area contributed by atoms with Gasteiger partial charge in [0.15, 0.2) is 0 Å². The van der Waals surface area contributed by atoms with Crippen LogP contribution in [-0.2, 0) is 16.6 Å². The Kier molecular flexibility index (Phi) is 7.71. The van der Waals surface area contributed by atoms with Gasteiger partial charge in [0.25, 0.3) is 5.91 Å². The molecule has 0 aliphatic carbocycles. The van der Waals surface area contributed by atoms with Crippen molar-refractivity contribution in [1.82, 2.24) is 5.32 Å². The standard InChI is InChI=1S/C25H27FN2O4S/c1-4-32-23-15-11-19(12-16-23)18(2)27-25(29)20-9-13-22(14-10-20)28(33(3,30)31)17-21-7-5-6-8-24(21)26/h5-16,18H,4,17H2,1-3H3,(H,27,29)/t18-/m1/s1. The molecule has 174 valence electrons. The summed E-state index contributed by atoms with van der Waals surface area (Å²) in [6.45, 7) is 4.23. The number of nitrogens with one attached hydrogen (secondary N) is 1. The molecule has 0 unspecified atom stereocenters. The topological polar surface area (TPSA) is 75.7 Å². The molecule has 1 amide bonds. The molecule has 0 spiro atoms. The van der Waals surface area contributed by atoms with Crippen LogP contribution in [-0.4, -0.2) is 27.2 Å². The molecule has 0 saturated heterocycles. The Morgan fingerprint density at radius 2 is 1.67 bits per heavy atom. The average molecular weight is 471 g/mol. The van der Waals surface area contributed by atoms with Gasteiger partial charge < -0.3 is 10.1 Å². The zero-order valence-electron chi connectivity index (χ0n) is 18.8. The van der Waals surface area contributed by atoms with E-state index in [1.807, 2.05) is 38.1 Å². The van der Waals surface area contributed by atoms with Crippen molar-refractivity contribution in [2.24, 2.45) is 0 Å². The molecule has 3 rings (SSSR count). The number of benzene rings is 3. The third-order valence-electron chi connectivity index (χ3n) is 5.13. The van der Waals surface area contributed by atoms with Crippen LogP contribution in [0.3, 0.4) is 0 Å². The van der Waals surface area contributed by atoms with Gasteiger partial charge in [-0.15, -0.1) is 0 Å². The molecular weight excluding hydrogens is 443 g/mol. The number of halogens is 1. The van der Waals surface area contributed by atoms with Crippen molar-refractivity contribution in [3.8, 4) is 5.75 Å². The van der Waals surface area contributed by atoms with Gasteiger partial charge in [-0.3, -0.25) is 9.10 Å². The van der Waals surface area contributed by atoms with Crippen LogP contribution in [0, 0.1) is 5.82 Å². The second-order valence-corrected chi connectivity index (χ2v) is 9.51. The molecular formula is C25H27FN2O4S. The van der Waals surface area contributed by atoms with E-state index in [0.29, 0.717) is 17.9 Å². The summed E-state index contributed by atoms with van der Waals surface area (Å²) in [5.74, 6) is -0.00505. The van der Waals surface area contributed by atoms with E-state index in [2.05, 4.69) is 5.32 Å². The summed E-state index contributed by atoms with van der Waals surface area (Å²) >= 11 is 0. The molecule has 0 bridgehead atoms. The molecule has 1 N–H and O–H groups in total. The van der Waals surface area contributed by atoms with Crippen LogP contribution in [0.1, 0.15) is 41.4 Å². The molecule has 8 heteroatoms. The number of hydrogen-bond acceptors (Lipinski definition) is 4. The third kappa shape index (κ3) is 6.32. The van der Waals surface area contributed by atoms with Crippen molar-refractivity contribution < 1.29 is 22.3 Å². The van der Waals surface area contributed by atoms with Crippen LogP contribution in [0.25, 0.3) is 0 Å². The summed E-state index contributed by atoms with van der Waals surface area (Å²) in [6.07, 6.45) is 1.06. The minimum Gasteiger partial charge on any atom is -0.494 e. The van der Waals surface area contributed by atoms with Crippen molar-refractivity contribution >= 4 is 21.6 Å². The summed E-state index contributed by atoms with van der Waals surface area (Å²) in [6, 6.07) is 19.5. The van der Waals surface area contributed by atoms with Gasteiger partial charge >= 0.3 is 0 Å². The van der Waals surface area contributed by atoms with E-state index in [9.17, 15) is 17.6 Å². The first-order valence-corrected chi connectivity index (χ1v) is 12.4. The molecule has 0 fully saturated rings. The second-order valence-electron chi connectivity index (χ2n) is 7.61. The molecule has 0 aliphatic heterocycles. The van der Waals surface area contributed by atoms with E-state index in [1.165, 1.54) is 12.1 Å². The van der Waals surface area contributed by atoms with Crippen LogP contribution in [0.15, 0.2) is 72.8 Å². The third-order valence-corrected chi connectivity index (χ3v) is 6.27. The molecule has 0 aromatic heterocycles. The Hall–Kier alpha value is -3.39. The van der Waals surface area contributed by atoms with E-state index >= 15 is 0 Å². The van der Waals surface area contributed by atoms with Crippen LogP contribution >= 0.6 is 0 Å². The highest BCUT2D eigenvalue weighted by molar-refractivity contribution is 7.92. The summed E-state index contributed by atoms with van der Waals surface area (Å²) in [5, 5.41) is 2.93. The van der Waals surface area contributed by atoms with Crippen LogP contribution in [0.5, 0.6) is 5.75 Å². The maximum atomic E-state index is 14.1.